The molecule has 284 valence electrons. The topological polar surface area (TPSA) is 87.0 Å². The standard InChI is InChI=1S/C45H74O5/c1-8-9-10-11-12-13-14-15-16-17-18-19-20-21-22-29-43(47)50-41-34-39(5)44(48)40(35-41)32-30-37(3)27-23-25-36(2)26-24-28-38(4)31-33-42(46)45(6,7)49/h15-16,25,28,30,34-35,42,46,48-49H,8-14,17-24,26-27,29,31-33H2,1-7H3. The quantitative estimate of drug-likeness (QED) is 0.0352. The van der Waals surface area contributed by atoms with Crippen LogP contribution in [-0.4, -0.2) is 33.0 Å². The average Bonchev–Trinajstić information content (AvgIpc) is 3.05. The lowest BCUT2D eigenvalue weighted by Crippen LogP contribution is -2.35. The number of aliphatic hydroxyl groups is 2. The minimum Gasteiger partial charge on any atom is -0.507 e. The first-order valence-electron chi connectivity index (χ1n) is 19.9. The molecular weight excluding hydrogens is 620 g/mol. The van der Waals surface area contributed by atoms with Gasteiger partial charge in [-0.3, -0.25) is 4.79 Å². The SMILES string of the molecule is CCCCCCCCC=CCCCCCCCC(=O)Oc1cc(C)c(O)c(CC=C(C)CCC=C(C)CCC=C(C)CCC(O)C(C)(C)O)c1. The van der Waals surface area contributed by atoms with E-state index in [1.165, 1.54) is 74.5 Å². The number of aromatic hydroxyl groups is 1. The highest BCUT2D eigenvalue weighted by Crippen LogP contribution is 2.29. The zero-order valence-electron chi connectivity index (χ0n) is 33.1. The third kappa shape index (κ3) is 23.0. The van der Waals surface area contributed by atoms with Crippen molar-refractivity contribution in [3.8, 4) is 11.5 Å². The number of aryl methyl sites for hydroxylation is 1. The molecule has 3 N–H and O–H groups in total. The van der Waals surface area contributed by atoms with Crippen LogP contribution in [0.25, 0.3) is 0 Å². The second-order valence-electron chi connectivity index (χ2n) is 15.2. The summed E-state index contributed by atoms with van der Waals surface area (Å²) in [5, 5.41) is 30.6. The molecule has 1 aromatic carbocycles. The summed E-state index contributed by atoms with van der Waals surface area (Å²) in [6.45, 7) is 13.8. The van der Waals surface area contributed by atoms with Crippen molar-refractivity contribution in [3.05, 3.63) is 70.4 Å². The highest BCUT2D eigenvalue weighted by atomic mass is 16.5. The third-order valence-corrected chi connectivity index (χ3v) is 9.59. The number of esters is 1. The Morgan fingerprint density at radius 1 is 0.740 bits per heavy atom. The van der Waals surface area contributed by atoms with Gasteiger partial charge in [-0.15, -0.1) is 0 Å². The first kappa shape index (κ1) is 45.4. The van der Waals surface area contributed by atoms with E-state index in [9.17, 15) is 20.1 Å². The first-order chi connectivity index (χ1) is 23.8. The largest absolute Gasteiger partial charge is 0.507 e. The van der Waals surface area contributed by atoms with Crippen LogP contribution in [-0.2, 0) is 11.2 Å². The van der Waals surface area contributed by atoms with Crippen LogP contribution in [0, 0.1) is 6.92 Å². The summed E-state index contributed by atoms with van der Waals surface area (Å²) < 4.78 is 5.68. The molecule has 5 nitrogen and oxygen atoms in total. The minimum atomic E-state index is -1.06. The Hall–Kier alpha value is -2.63. The number of phenols is 1. The van der Waals surface area contributed by atoms with E-state index in [1.807, 2.05) is 6.92 Å². The summed E-state index contributed by atoms with van der Waals surface area (Å²) >= 11 is 0. The maximum Gasteiger partial charge on any atom is 0.311 e. The Balaban J connectivity index is 2.34. The number of benzene rings is 1. The zero-order valence-corrected chi connectivity index (χ0v) is 33.1. The fraction of sp³-hybridized carbons (Fsp3) is 0.667. The summed E-state index contributed by atoms with van der Waals surface area (Å²) in [6, 6.07) is 3.55. The molecule has 1 aromatic rings. The second kappa shape index (κ2) is 27.1. The Labute approximate surface area is 307 Å². The molecule has 0 aliphatic carbocycles. The van der Waals surface area contributed by atoms with Gasteiger partial charge in [0.2, 0.25) is 0 Å². The smallest absolute Gasteiger partial charge is 0.311 e. The molecule has 0 bridgehead atoms. The molecule has 0 saturated heterocycles. The van der Waals surface area contributed by atoms with Crippen LogP contribution >= 0.6 is 0 Å². The number of carbonyl (C=O) groups is 1. The molecule has 1 atom stereocenters. The number of aliphatic hydroxyl groups excluding tert-OH is 1. The van der Waals surface area contributed by atoms with Crippen molar-refractivity contribution in [3.63, 3.8) is 0 Å². The van der Waals surface area contributed by atoms with Gasteiger partial charge in [-0.2, -0.15) is 0 Å². The van der Waals surface area contributed by atoms with E-state index < -0.39 is 11.7 Å². The molecule has 0 saturated carbocycles. The highest BCUT2D eigenvalue weighted by molar-refractivity contribution is 5.72. The first-order valence-corrected chi connectivity index (χ1v) is 19.9. The lowest BCUT2D eigenvalue weighted by molar-refractivity contribution is -0.134. The molecule has 0 fully saturated rings. The average molecular weight is 695 g/mol. The minimum absolute atomic E-state index is 0.206. The van der Waals surface area contributed by atoms with E-state index in [-0.39, 0.29) is 11.7 Å². The van der Waals surface area contributed by atoms with Gasteiger partial charge in [-0.25, -0.2) is 0 Å². The highest BCUT2D eigenvalue weighted by Gasteiger charge is 2.23. The maximum atomic E-state index is 12.5. The molecular formula is C45H74O5. The van der Waals surface area contributed by atoms with Gasteiger partial charge < -0.3 is 20.1 Å². The Morgan fingerprint density at radius 3 is 1.84 bits per heavy atom. The van der Waals surface area contributed by atoms with Gasteiger partial charge in [0, 0.05) is 12.0 Å². The number of allylic oxidation sites excluding steroid dienone is 8. The molecule has 0 radical (unpaired) electrons. The maximum absolute atomic E-state index is 12.5. The van der Waals surface area contributed by atoms with Gasteiger partial charge in [0.1, 0.15) is 11.5 Å². The predicted octanol–water partition coefficient (Wildman–Crippen LogP) is 12.5. The zero-order chi connectivity index (χ0) is 37.2. The van der Waals surface area contributed by atoms with E-state index in [4.69, 9.17) is 4.74 Å². The summed E-state index contributed by atoms with van der Waals surface area (Å²) in [7, 11) is 0. The van der Waals surface area contributed by atoms with Gasteiger partial charge >= 0.3 is 5.97 Å². The van der Waals surface area contributed by atoms with Crippen LogP contribution in [0.5, 0.6) is 11.5 Å². The summed E-state index contributed by atoms with van der Waals surface area (Å²) in [5.74, 6) is 0.567. The van der Waals surface area contributed by atoms with E-state index in [2.05, 4.69) is 58.1 Å². The lowest BCUT2D eigenvalue weighted by atomic mass is 9.95. The van der Waals surface area contributed by atoms with Gasteiger partial charge in [0.25, 0.3) is 0 Å². The van der Waals surface area contributed by atoms with Crippen molar-refractivity contribution in [2.45, 2.75) is 195 Å². The number of hydrogen-bond acceptors (Lipinski definition) is 5. The van der Waals surface area contributed by atoms with Crippen LogP contribution in [0.4, 0.5) is 0 Å². The molecule has 50 heavy (non-hydrogen) atoms. The Kier molecular flexibility index (Phi) is 24.6. The Bertz CT molecular complexity index is 1200. The lowest BCUT2D eigenvalue weighted by Gasteiger charge is -2.24. The molecule has 0 amide bonds. The van der Waals surface area contributed by atoms with Gasteiger partial charge in [-0.05, 0) is 136 Å². The number of hydrogen-bond donors (Lipinski definition) is 3. The van der Waals surface area contributed by atoms with Gasteiger partial charge in [0.05, 0.1) is 11.7 Å². The van der Waals surface area contributed by atoms with Crippen LogP contribution < -0.4 is 4.74 Å². The number of rotatable bonds is 28. The fourth-order valence-corrected chi connectivity index (χ4v) is 5.95. The van der Waals surface area contributed by atoms with E-state index in [0.717, 1.165) is 63.4 Å². The molecule has 0 spiro atoms. The van der Waals surface area contributed by atoms with Crippen molar-refractivity contribution in [2.24, 2.45) is 0 Å². The van der Waals surface area contributed by atoms with Crippen LogP contribution in [0.15, 0.2) is 59.2 Å². The third-order valence-electron chi connectivity index (χ3n) is 9.59. The number of ether oxygens (including phenoxy) is 1. The van der Waals surface area contributed by atoms with Crippen molar-refractivity contribution < 1.29 is 24.9 Å². The molecule has 0 aliphatic heterocycles. The van der Waals surface area contributed by atoms with Crippen LogP contribution in [0.1, 0.15) is 181 Å². The number of phenolic OH excluding ortho intramolecular Hbond substituents is 1. The molecule has 5 heteroatoms. The van der Waals surface area contributed by atoms with Crippen molar-refractivity contribution >= 4 is 5.97 Å². The van der Waals surface area contributed by atoms with Crippen molar-refractivity contribution in [1.29, 1.82) is 0 Å². The summed E-state index contributed by atoms with van der Waals surface area (Å²) in [4.78, 5) is 12.5. The molecule has 1 rings (SSSR count). The van der Waals surface area contributed by atoms with E-state index in [0.29, 0.717) is 30.6 Å². The molecule has 0 aliphatic rings. The molecule has 0 heterocycles. The molecule has 1 unspecified atom stereocenters. The van der Waals surface area contributed by atoms with E-state index in [1.54, 1.807) is 26.0 Å². The summed E-state index contributed by atoms with van der Waals surface area (Å²) in [5.41, 5.74) is 4.30. The Morgan fingerprint density at radius 2 is 1.26 bits per heavy atom. The predicted molar refractivity (Wildman–Crippen MR) is 213 cm³/mol. The van der Waals surface area contributed by atoms with E-state index >= 15 is 0 Å². The van der Waals surface area contributed by atoms with Gasteiger partial charge in [-0.1, -0.05) is 105 Å². The van der Waals surface area contributed by atoms with Gasteiger partial charge in [0.15, 0.2) is 0 Å². The molecule has 0 aromatic heterocycles. The normalized spacial score (nSPS) is 13.7. The van der Waals surface area contributed by atoms with Crippen molar-refractivity contribution in [2.75, 3.05) is 0 Å². The number of unbranched alkanes of at least 4 members (excludes halogenated alkanes) is 11. The van der Waals surface area contributed by atoms with Crippen LogP contribution in [0.2, 0.25) is 0 Å². The number of carbonyl (C=O) groups excluding carboxylic acids is 1. The van der Waals surface area contributed by atoms with Crippen LogP contribution in [0.3, 0.4) is 0 Å². The van der Waals surface area contributed by atoms with Crippen molar-refractivity contribution in [1.82, 2.24) is 0 Å². The fourth-order valence-electron chi connectivity index (χ4n) is 5.95. The monoisotopic (exact) mass is 695 g/mol. The second-order valence-corrected chi connectivity index (χ2v) is 15.2. The summed E-state index contributed by atoms with van der Waals surface area (Å²) in [6.07, 6.45) is 32.9.